The lowest BCUT2D eigenvalue weighted by Crippen LogP contribution is -1.96. The minimum atomic E-state index is 0.317. The number of nitrogens with zero attached hydrogens (tertiary/aromatic N) is 1. The molecule has 0 spiro atoms. The molecule has 1 aromatic heterocycles. The highest BCUT2D eigenvalue weighted by atomic mass is 35.5. The van der Waals surface area contributed by atoms with Gasteiger partial charge in [0.25, 0.3) is 0 Å². The van der Waals surface area contributed by atoms with Crippen LogP contribution in [-0.2, 0) is 0 Å². The number of hydrogen-bond acceptors (Lipinski definition) is 2. The van der Waals surface area contributed by atoms with Gasteiger partial charge in [0.15, 0.2) is 5.82 Å². The number of nitrogen functional groups attached to an aromatic ring is 1. The smallest absolute Gasteiger partial charge is 0.153 e. The van der Waals surface area contributed by atoms with Crippen LogP contribution in [0.2, 0.25) is 10.0 Å². The van der Waals surface area contributed by atoms with E-state index in [0.717, 1.165) is 23.2 Å². The normalized spacial score (nSPS) is 12.7. The van der Waals surface area contributed by atoms with E-state index in [1.54, 1.807) is 12.1 Å². The van der Waals surface area contributed by atoms with E-state index in [2.05, 4.69) is 24.0 Å². The maximum absolute atomic E-state index is 6.23. The Morgan fingerprint density at radius 2 is 1.89 bits per heavy atom. The molecule has 18 heavy (non-hydrogen) atoms. The van der Waals surface area contributed by atoms with E-state index < -0.39 is 0 Å². The zero-order valence-corrected chi connectivity index (χ0v) is 11.8. The predicted octanol–water partition coefficient (Wildman–Crippen LogP) is 4.48. The van der Waals surface area contributed by atoms with Gasteiger partial charge in [-0.15, -0.1) is 0 Å². The first-order valence-electron chi connectivity index (χ1n) is 5.84. The van der Waals surface area contributed by atoms with Crippen LogP contribution in [0.5, 0.6) is 0 Å². The van der Waals surface area contributed by atoms with Crippen molar-refractivity contribution in [2.75, 3.05) is 5.73 Å². The Bertz CT molecular complexity index is 543. The van der Waals surface area contributed by atoms with Gasteiger partial charge in [0.2, 0.25) is 0 Å². The van der Waals surface area contributed by atoms with Crippen LogP contribution in [0, 0.1) is 0 Å². The Hall–Kier alpha value is -1.19. The van der Waals surface area contributed by atoms with Gasteiger partial charge in [-0.1, -0.05) is 43.1 Å². The van der Waals surface area contributed by atoms with Gasteiger partial charge in [0, 0.05) is 16.8 Å². The highest BCUT2D eigenvalue weighted by Crippen LogP contribution is 2.41. The first-order valence-corrected chi connectivity index (χ1v) is 6.60. The minimum Gasteiger partial charge on any atom is -0.382 e. The lowest BCUT2D eigenvalue weighted by atomic mass is 9.96. The third-order valence-electron chi connectivity index (χ3n) is 3.14. The van der Waals surface area contributed by atoms with Crippen LogP contribution < -0.4 is 5.73 Å². The van der Waals surface area contributed by atoms with Gasteiger partial charge in [-0.25, -0.2) is 0 Å². The van der Waals surface area contributed by atoms with E-state index in [0.29, 0.717) is 21.8 Å². The van der Waals surface area contributed by atoms with Crippen LogP contribution in [0.25, 0.3) is 11.1 Å². The molecule has 2 aromatic rings. The third-order valence-corrected chi connectivity index (χ3v) is 3.77. The van der Waals surface area contributed by atoms with E-state index in [1.165, 1.54) is 0 Å². The van der Waals surface area contributed by atoms with Crippen molar-refractivity contribution in [3.63, 3.8) is 0 Å². The van der Waals surface area contributed by atoms with Crippen molar-refractivity contribution in [1.29, 1.82) is 0 Å². The quantitative estimate of drug-likeness (QED) is 0.873. The minimum absolute atomic E-state index is 0.317. The number of aromatic amines is 1. The molecule has 0 fully saturated rings. The second-order valence-corrected chi connectivity index (χ2v) is 5.12. The highest BCUT2D eigenvalue weighted by Gasteiger charge is 2.21. The Balaban J connectivity index is 2.67. The summed E-state index contributed by atoms with van der Waals surface area (Å²) in [5.41, 5.74) is 8.49. The number of H-pyrrole nitrogens is 1. The molecule has 0 amide bonds. The van der Waals surface area contributed by atoms with Gasteiger partial charge in [-0.2, -0.15) is 5.10 Å². The molecule has 0 saturated heterocycles. The number of benzene rings is 1. The fraction of sp³-hybridized carbons (Fsp3) is 0.308. The lowest BCUT2D eigenvalue weighted by molar-refractivity contribution is 0.705. The second-order valence-electron chi connectivity index (χ2n) is 4.30. The van der Waals surface area contributed by atoms with E-state index >= 15 is 0 Å². The number of rotatable bonds is 3. The zero-order valence-electron chi connectivity index (χ0n) is 10.3. The molecule has 1 heterocycles. The van der Waals surface area contributed by atoms with E-state index in [-0.39, 0.29) is 0 Å². The summed E-state index contributed by atoms with van der Waals surface area (Å²) in [6, 6.07) is 5.42. The van der Waals surface area contributed by atoms with Crippen LogP contribution >= 0.6 is 23.2 Å². The fourth-order valence-electron chi connectivity index (χ4n) is 1.93. The summed E-state index contributed by atoms with van der Waals surface area (Å²) in [4.78, 5) is 0. The molecule has 3 nitrogen and oxygen atoms in total. The summed E-state index contributed by atoms with van der Waals surface area (Å²) < 4.78 is 0. The van der Waals surface area contributed by atoms with E-state index in [4.69, 9.17) is 28.9 Å². The van der Waals surface area contributed by atoms with Gasteiger partial charge >= 0.3 is 0 Å². The molecule has 3 N–H and O–H groups in total. The predicted molar refractivity (Wildman–Crippen MR) is 77.2 cm³/mol. The van der Waals surface area contributed by atoms with Gasteiger partial charge in [-0.3, -0.25) is 5.10 Å². The summed E-state index contributed by atoms with van der Waals surface area (Å²) in [7, 11) is 0. The number of nitrogens with one attached hydrogen (secondary N) is 1. The molecule has 1 aromatic carbocycles. The maximum Gasteiger partial charge on any atom is 0.153 e. The van der Waals surface area contributed by atoms with Gasteiger partial charge in [0.1, 0.15) is 0 Å². The third kappa shape index (κ3) is 2.20. The van der Waals surface area contributed by atoms with Crippen LogP contribution in [0.1, 0.15) is 31.9 Å². The fourth-order valence-corrected chi connectivity index (χ4v) is 2.52. The van der Waals surface area contributed by atoms with Crippen molar-refractivity contribution < 1.29 is 0 Å². The van der Waals surface area contributed by atoms with Crippen molar-refractivity contribution in [3.05, 3.63) is 33.9 Å². The summed E-state index contributed by atoms with van der Waals surface area (Å²) in [6.45, 7) is 4.22. The lowest BCUT2D eigenvalue weighted by Gasteiger charge is -2.12. The van der Waals surface area contributed by atoms with Crippen LogP contribution in [0.4, 0.5) is 5.82 Å². The first kappa shape index (κ1) is 13.2. The molecular weight excluding hydrogens is 269 g/mol. The molecule has 96 valence electrons. The number of nitrogens with two attached hydrogens (primary N) is 1. The van der Waals surface area contributed by atoms with Crippen LogP contribution in [-0.4, -0.2) is 10.2 Å². The number of halogens is 2. The molecule has 1 atom stereocenters. The highest BCUT2D eigenvalue weighted by molar-refractivity contribution is 6.39. The van der Waals surface area contributed by atoms with Crippen molar-refractivity contribution >= 4 is 29.0 Å². The van der Waals surface area contributed by atoms with Crippen molar-refractivity contribution in [3.8, 4) is 11.1 Å². The van der Waals surface area contributed by atoms with Crippen molar-refractivity contribution in [2.45, 2.75) is 26.2 Å². The molecule has 0 radical (unpaired) electrons. The number of hydrogen-bond donors (Lipinski definition) is 2. The molecule has 5 heteroatoms. The molecule has 0 aliphatic heterocycles. The number of aromatic nitrogens is 2. The monoisotopic (exact) mass is 283 g/mol. The van der Waals surface area contributed by atoms with Crippen molar-refractivity contribution in [2.24, 2.45) is 0 Å². The topological polar surface area (TPSA) is 54.7 Å². The van der Waals surface area contributed by atoms with E-state index in [9.17, 15) is 0 Å². The summed E-state index contributed by atoms with van der Waals surface area (Å²) >= 11 is 12.5. The Morgan fingerprint density at radius 1 is 1.28 bits per heavy atom. The largest absolute Gasteiger partial charge is 0.382 e. The summed E-state index contributed by atoms with van der Waals surface area (Å²) in [5.74, 6) is 0.748. The SMILES string of the molecule is CCC(C)c1[nH]nc(N)c1-c1c(Cl)cccc1Cl. The van der Waals surface area contributed by atoms with Gasteiger partial charge in [0.05, 0.1) is 10.0 Å². The summed E-state index contributed by atoms with van der Waals surface area (Å²) in [6.07, 6.45) is 0.983. The average Bonchev–Trinajstić information content (AvgIpc) is 2.71. The molecule has 0 saturated carbocycles. The molecular formula is C13H15Cl2N3. The molecule has 2 rings (SSSR count). The zero-order chi connectivity index (χ0) is 13.3. The van der Waals surface area contributed by atoms with Gasteiger partial charge in [-0.05, 0) is 24.5 Å². The molecule has 0 bridgehead atoms. The molecule has 0 aliphatic rings. The van der Waals surface area contributed by atoms with Crippen molar-refractivity contribution in [1.82, 2.24) is 10.2 Å². The number of anilines is 1. The average molecular weight is 284 g/mol. The van der Waals surface area contributed by atoms with Gasteiger partial charge < -0.3 is 5.73 Å². The Labute approximate surface area is 116 Å². The Kier molecular flexibility index (Phi) is 3.83. The maximum atomic E-state index is 6.23. The van der Waals surface area contributed by atoms with Crippen LogP contribution in [0.15, 0.2) is 18.2 Å². The first-order chi connectivity index (χ1) is 8.56. The summed E-state index contributed by atoms with van der Waals surface area (Å²) in [5, 5.41) is 8.23. The Morgan fingerprint density at radius 3 is 2.44 bits per heavy atom. The van der Waals surface area contributed by atoms with Crippen LogP contribution in [0.3, 0.4) is 0 Å². The van der Waals surface area contributed by atoms with E-state index in [1.807, 2.05) is 6.07 Å². The second kappa shape index (κ2) is 5.21. The molecule has 0 aliphatic carbocycles. The standard InChI is InChI=1S/C13H15Cl2N3/c1-3-7(2)12-11(13(16)18-17-12)10-8(14)5-4-6-9(10)15/h4-7H,3H2,1-2H3,(H3,16,17,18). The molecule has 1 unspecified atom stereocenters.